The highest BCUT2D eigenvalue weighted by Gasteiger charge is 2.13. The van der Waals surface area contributed by atoms with E-state index in [1.807, 2.05) is 31.2 Å². The van der Waals surface area contributed by atoms with Crippen molar-refractivity contribution < 1.29 is 19.0 Å². The Morgan fingerprint density at radius 1 is 1.12 bits per heavy atom. The number of nitrogens with one attached hydrogen (secondary N) is 2. The SMILES string of the molecule is Cc1ccc([C@@H](CNC(=O)NCc2ccc(F)cc2)OCCO)cc1. The quantitative estimate of drug-likeness (QED) is 0.688. The molecular weight excluding hydrogens is 323 g/mol. The molecule has 0 spiro atoms. The average Bonchev–Trinajstić information content (AvgIpc) is 2.62. The van der Waals surface area contributed by atoms with Gasteiger partial charge in [-0.1, -0.05) is 42.0 Å². The Bertz CT molecular complexity index is 659. The number of hydrogen-bond donors (Lipinski definition) is 3. The van der Waals surface area contributed by atoms with Gasteiger partial charge < -0.3 is 20.5 Å². The topological polar surface area (TPSA) is 70.6 Å². The Kier molecular flexibility index (Phi) is 7.37. The lowest BCUT2D eigenvalue weighted by atomic mass is 10.1. The van der Waals surface area contributed by atoms with E-state index in [9.17, 15) is 9.18 Å². The number of urea groups is 1. The van der Waals surface area contributed by atoms with Crippen molar-refractivity contribution in [1.82, 2.24) is 10.6 Å². The molecule has 2 rings (SSSR count). The number of rotatable bonds is 8. The molecule has 0 aliphatic heterocycles. The van der Waals surface area contributed by atoms with E-state index in [2.05, 4.69) is 10.6 Å². The lowest BCUT2D eigenvalue weighted by Crippen LogP contribution is -2.38. The highest BCUT2D eigenvalue weighted by Crippen LogP contribution is 2.17. The minimum absolute atomic E-state index is 0.0842. The Morgan fingerprint density at radius 3 is 2.44 bits per heavy atom. The van der Waals surface area contributed by atoms with Gasteiger partial charge in [0.25, 0.3) is 0 Å². The monoisotopic (exact) mass is 346 g/mol. The molecule has 0 aliphatic carbocycles. The fourth-order valence-electron chi connectivity index (χ4n) is 2.28. The summed E-state index contributed by atoms with van der Waals surface area (Å²) in [6.45, 7) is 2.68. The minimum Gasteiger partial charge on any atom is -0.394 e. The van der Waals surface area contributed by atoms with Crippen molar-refractivity contribution in [3.8, 4) is 0 Å². The van der Waals surface area contributed by atoms with E-state index in [4.69, 9.17) is 9.84 Å². The van der Waals surface area contributed by atoms with Crippen LogP contribution in [-0.4, -0.2) is 30.9 Å². The smallest absolute Gasteiger partial charge is 0.315 e. The molecule has 1 atom stereocenters. The van der Waals surface area contributed by atoms with Gasteiger partial charge in [-0.2, -0.15) is 0 Å². The molecule has 2 aromatic carbocycles. The van der Waals surface area contributed by atoms with Crippen LogP contribution in [0.4, 0.5) is 9.18 Å². The Balaban J connectivity index is 1.84. The molecule has 2 amide bonds. The van der Waals surface area contributed by atoms with Gasteiger partial charge in [-0.25, -0.2) is 9.18 Å². The van der Waals surface area contributed by atoms with Gasteiger partial charge in [0, 0.05) is 13.1 Å². The second-order valence-corrected chi connectivity index (χ2v) is 5.68. The summed E-state index contributed by atoms with van der Waals surface area (Å²) in [5.41, 5.74) is 2.87. The summed E-state index contributed by atoms with van der Waals surface area (Å²) in [5, 5.41) is 14.4. The zero-order chi connectivity index (χ0) is 18.1. The first-order valence-electron chi connectivity index (χ1n) is 8.13. The largest absolute Gasteiger partial charge is 0.394 e. The van der Waals surface area contributed by atoms with E-state index >= 15 is 0 Å². The second kappa shape index (κ2) is 9.76. The number of amides is 2. The summed E-state index contributed by atoms with van der Waals surface area (Å²) in [7, 11) is 0. The fourth-order valence-corrected chi connectivity index (χ4v) is 2.28. The summed E-state index contributed by atoms with van der Waals surface area (Å²) >= 11 is 0. The molecule has 0 radical (unpaired) electrons. The number of benzene rings is 2. The number of carbonyl (C=O) groups is 1. The normalized spacial score (nSPS) is 11.8. The van der Waals surface area contributed by atoms with Gasteiger partial charge in [0.15, 0.2) is 0 Å². The lowest BCUT2D eigenvalue weighted by Gasteiger charge is -2.19. The Morgan fingerprint density at radius 2 is 1.80 bits per heavy atom. The van der Waals surface area contributed by atoms with Crippen LogP contribution in [0.25, 0.3) is 0 Å². The number of hydrogen-bond acceptors (Lipinski definition) is 3. The molecule has 0 heterocycles. The molecule has 0 saturated heterocycles. The number of aliphatic hydroxyl groups is 1. The van der Waals surface area contributed by atoms with E-state index in [0.717, 1.165) is 16.7 Å². The highest BCUT2D eigenvalue weighted by molar-refractivity contribution is 5.73. The number of ether oxygens (including phenoxy) is 1. The van der Waals surface area contributed by atoms with E-state index in [1.165, 1.54) is 12.1 Å². The summed E-state index contributed by atoms with van der Waals surface area (Å²) in [5.74, 6) is -0.310. The molecule has 0 unspecified atom stereocenters. The summed E-state index contributed by atoms with van der Waals surface area (Å²) in [4.78, 5) is 11.9. The van der Waals surface area contributed by atoms with Crippen LogP contribution >= 0.6 is 0 Å². The van der Waals surface area contributed by atoms with Crippen LogP contribution in [0.15, 0.2) is 48.5 Å². The van der Waals surface area contributed by atoms with Gasteiger partial charge in [0.05, 0.1) is 19.3 Å². The standard InChI is InChI=1S/C19H23FN2O3/c1-14-2-6-16(7-3-14)18(25-11-10-23)13-22-19(24)21-12-15-4-8-17(20)9-5-15/h2-9,18,23H,10-13H2,1H3,(H2,21,22,24)/t18-/m1/s1. The summed E-state index contributed by atoms with van der Waals surface area (Å²) in [6, 6.07) is 13.4. The molecular formula is C19H23FN2O3. The first-order valence-corrected chi connectivity index (χ1v) is 8.13. The third kappa shape index (κ3) is 6.52. The van der Waals surface area contributed by atoms with Crippen LogP contribution in [0.5, 0.6) is 0 Å². The maximum Gasteiger partial charge on any atom is 0.315 e. The molecule has 0 aliphatic rings. The summed E-state index contributed by atoms with van der Waals surface area (Å²) < 4.78 is 18.5. The number of aryl methyl sites for hydroxylation is 1. The van der Waals surface area contributed by atoms with Crippen molar-refractivity contribution in [1.29, 1.82) is 0 Å². The molecule has 0 aromatic heterocycles. The van der Waals surface area contributed by atoms with E-state index in [-0.39, 0.29) is 37.7 Å². The van der Waals surface area contributed by atoms with Gasteiger partial charge in [0.1, 0.15) is 5.82 Å². The third-order valence-corrected chi connectivity index (χ3v) is 3.67. The van der Waals surface area contributed by atoms with Crippen molar-refractivity contribution in [2.45, 2.75) is 19.6 Å². The van der Waals surface area contributed by atoms with Gasteiger partial charge in [-0.3, -0.25) is 0 Å². The maximum atomic E-state index is 12.9. The highest BCUT2D eigenvalue weighted by atomic mass is 19.1. The van der Waals surface area contributed by atoms with E-state index in [0.29, 0.717) is 6.54 Å². The summed E-state index contributed by atoms with van der Waals surface area (Å²) in [6.07, 6.45) is -0.343. The van der Waals surface area contributed by atoms with Crippen LogP contribution in [0.1, 0.15) is 22.8 Å². The van der Waals surface area contributed by atoms with Crippen LogP contribution in [0.2, 0.25) is 0 Å². The van der Waals surface area contributed by atoms with Crippen LogP contribution in [-0.2, 0) is 11.3 Å². The number of carbonyl (C=O) groups excluding carboxylic acids is 1. The molecule has 0 bridgehead atoms. The predicted molar refractivity (Wildman–Crippen MR) is 93.6 cm³/mol. The van der Waals surface area contributed by atoms with Gasteiger partial charge in [-0.05, 0) is 30.2 Å². The first kappa shape index (κ1) is 18.9. The predicted octanol–water partition coefficient (Wildman–Crippen LogP) is 2.68. The Hall–Kier alpha value is -2.44. The van der Waals surface area contributed by atoms with Crippen LogP contribution in [0.3, 0.4) is 0 Å². The third-order valence-electron chi connectivity index (χ3n) is 3.67. The van der Waals surface area contributed by atoms with Crippen LogP contribution < -0.4 is 10.6 Å². The molecule has 2 aromatic rings. The van der Waals surface area contributed by atoms with Gasteiger partial charge in [-0.15, -0.1) is 0 Å². The molecule has 0 saturated carbocycles. The molecule has 5 nitrogen and oxygen atoms in total. The minimum atomic E-state index is -0.343. The molecule has 0 fully saturated rings. The van der Waals surface area contributed by atoms with Crippen molar-refractivity contribution >= 4 is 6.03 Å². The zero-order valence-corrected chi connectivity index (χ0v) is 14.2. The second-order valence-electron chi connectivity index (χ2n) is 5.68. The lowest BCUT2D eigenvalue weighted by molar-refractivity contribution is 0.0294. The van der Waals surface area contributed by atoms with Gasteiger partial charge in [0.2, 0.25) is 0 Å². The molecule has 3 N–H and O–H groups in total. The van der Waals surface area contributed by atoms with Crippen molar-refractivity contribution in [3.63, 3.8) is 0 Å². The zero-order valence-electron chi connectivity index (χ0n) is 14.2. The van der Waals surface area contributed by atoms with Crippen molar-refractivity contribution in [2.75, 3.05) is 19.8 Å². The van der Waals surface area contributed by atoms with Crippen molar-refractivity contribution in [3.05, 3.63) is 71.0 Å². The average molecular weight is 346 g/mol. The molecule has 25 heavy (non-hydrogen) atoms. The molecule has 6 heteroatoms. The Labute approximate surface area is 146 Å². The number of halogens is 1. The van der Waals surface area contributed by atoms with E-state index < -0.39 is 0 Å². The van der Waals surface area contributed by atoms with Gasteiger partial charge >= 0.3 is 6.03 Å². The maximum absolute atomic E-state index is 12.9. The fraction of sp³-hybridized carbons (Fsp3) is 0.316. The first-order chi connectivity index (χ1) is 12.1. The number of aliphatic hydroxyl groups excluding tert-OH is 1. The molecule has 134 valence electrons. The van der Waals surface area contributed by atoms with Crippen molar-refractivity contribution in [2.24, 2.45) is 0 Å². The van der Waals surface area contributed by atoms with Crippen LogP contribution in [0, 0.1) is 12.7 Å². The van der Waals surface area contributed by atoms with E-state index in [1.54, 1.807) is 12.1 Å².